The highest BCUT2D eigenvalue weighted by atomic mass is 35.5. The lowest BCUT2D eigenvalue weighted by Gasteiger charge is -2.36. The molecule has 2 aromatic rings. The Morgan fingerprint density at radius 3 is 2.94 bits per heavy atom. The smallest absolute Gasteiger partial charge is 0.227 e. The number of nitrogens with one attached hydrogen (secondary N) is 1. The van der Waals surface area contributed by atoms with Gasteiger partial charge in [-0.2, -0.15) is 0 Å². The minimum atomic E-state index is 0.0434. The SMILES string of the molecule is CC(C)CN(Cc1cc(Cl)c2c(c1)CCCCO2)C(=O)C1CCCN(Cc2cccc3c2NCC3)C1. The van der Waals surface area contributed by atoms with Gasteiger partial charge in [0.05, 0.1) is 17.5 Å². The number of nitrogens with zero attached hydrogens (tertiary/aromatic N) is 2. The highest BCUT2D eigenvalue weighted by Crippen LogP contribution is 2.34. The first-order valence-corrected chi connectivity index (χ1v) is 14.2. The number of ether oxygens (including phenoxy) is 1. The number of piperidine rings is 1. The molecular formula is C30H40ClN3O2. The molecule has 3 aliphatic rings. The number of hydrogen-bond donors (Lipinski definition) is 1. The highest BCUT2D eigenvalue weighted by molar-refractivity contribution is 6.32. The topological polar surface area (TPSA) is 44.8 Å². The van der Waals surface area contributed by atoms with Gasteiger partial charge in [0, 0.05) is 38.4 Å². The summed E-state index contributed by atoms with van der Waals surface area (Å²) in [5.41, 5.74) is 6.39. The van der Waals surface area contributed by atoms with Crippen molar-refractivity contribution < 1.29 is 9.53 Å². The molecular weight excluding hydrogens is 470 g/mol. The summed E-state index contributed by atoms with van der Waals surface area (Å²) in [5, 5.41) is 4.24. The van der Waals surface area contributed by atoms with E-state index in [0.717, 1.165) is 89.2 Å². The minimum Gasteiger partial charge on any atom is -0.492 e. The Balaban J connectivity index is 1.29. The van der Waals surface area contributed by atoms with Crippen molar-refractivity contribution in [1.29, 1.82) is 0 Å². The van der Waals surface area contributed by atoms with Crippen LogP contribution in [0.3, 0.4) is 0 Å². The van der Waals surface area contributed by atoms with E-state index >= 15 is 0 Å². The summed E-state index contributed by atoms with van der Waals surface area (Å²) < 4.78 is 5.91. The molecule has 1 atom stereocenters. The Bertz CT molecular complexity index is 1090. The van der Waals surface area contributed by atoms with E-state index in [-0.39, 0.29) is 11.8 Å². The molecule has 5 rings (SSSR count). The number of aryl methyl sites for hydroxylation is 1. The van der Waals surface area contributed by atoms with Crippen molar-refractivity contribution in [2.24, 2.45) is 11.8 Å². The van der Waals surface area contributed by atoms with Crippen LogP contribution in [0.4, 0.5) is 5.69 Å². The second-order valence-corrected chi connectivity index (χ2v) is 11.6. The Kier molecular flexibility index (Phi) is 8.07. The molecule has 6 heteroatoms. The van der Waals surface area contributed by atoms with Crippen LogP contribution >= 0.6 is 11.6 Å². The van der Waals surface area contributed by atoms with Gasteiger partial charge < -0.3 is 15.0 Å². The van der Waals surface area contributed by atoms with Crippen molar-refractivity contribution in [1.82, 2.24) is 9.80 Å². The van der Waals surface area contributed by atoms with E-state index in [9.17, 15) is 4.79 Å². The van der Waals surface area contributed by atoms with Gasteiger partial charge in [0.25, 0.3) is 0 Å². The number of benzene rings is 2. The fraction of sp³-hybridized carbons (Fsp3) is 0.567. The molecule has 0 saturated carbocycles. The van der Waals surface area contributed by atoms with Crippen LogP contribution < -0.4 is 10.1 Å². The van der Waals surface area contributed by atoms with E-state index < -0.39 is 0 Å². The number of carbonyl (C=O) groups is 1. The second kappa shape index (κ2) is 11.4. The van der Waals surface area contributed by atoms with Crippen molar-refractivity contribution in [3.05, 3.63) is 57.6 Å². The average molecular weight is 510 g/mol. The van der Waals surface area contributed by atoms with E-state index in [1.807, 2.05) is 6.07 Å². The van der Waals surface area contributed by atoms with Gasteiger partial charge in [0.2, 0.25) is 5.91 Å². The molecule has 0 spiro atoms. The largest absolute Gasteiger partial charge is 0.492 e. The monoisotopic (exact) mass is 509 g/mol. The predicted molar refractivity (Wildman–Crippen MR) is 147 cm³/mol. The lowest BCUT2D eigenvalue weighted by atomic mass is 9.95. The summed E-state index contributed by atoms with van der Waals surface area (Å²) in [4.78, 5) is 18.4. The molecule has 0 aliphatic carbocycles. The van der Waals surface area contributed by atoms with Crippen molar-refractivity contribution in [3.63, 3.8) is 0 Å². The van der Waals surface area contributed by atoms with E-state index in [4.69, 9.17) is 16.3 Å². The number of anilines is 1. The molecule has 1 amide bonds. The van der Waals surface area contributed by atoms with Crippen LogP contribution in [0.2, 0.25) is 5.02 Å². The third kappa shape index (κ3) is 5.84. The summed E-state index contributed by atoms with van der Waals surface area (Å²) >= 11 is 6.63. The number of fused-ring (bicyclic) bond motifs is 2. The lowest BCUT2D eigenvalue weighted by molar-refractivity contribution is -0.138. The van der Waals surface area contributed by atoms with Crippen LogP contribution in [0.25, 0.3) is 0 Å². The molecule has 1 fully saturated rings. The normalized spacial score (nSPS) is 19.7. The van der Waals surface area contributed by atoms with E-state index in [1.54, 1.807) is 0 Å². The van der Waals surface area contributed by atoms with Gasteiger partial charge in [-0.15, -0.1) is 0 Å². The summed E-state index contributed by atoms with van der Waals surface area (Å²) in [6.07, 6.45) is 6.28. The quantitative estimate of drug-likeness (QED) is 0.503. The number of para-hydroxylation sites is 1. The van der Waals surface area contributed by atoms with Gasteiger partial charge in [0.1, 0.15) is 5.75 Å². The zero-order chi connectivity index (χ0) is 25.1. The van der Waals surface area contributed by atoms with Crippen LogP contribution in [-0.2, 0) is 30.7 Å². The molecule has 3 aliphatic heterocycles. The van der Waals surface area contributed by atoms with Crippen LogP contribution in [0.15, 0.2) is 30.3 Å². The van der Waals surface area contributed by atoms with Crippen LogP contribution in [0, 0.1) is 11.8 Å². The molecule has 5 nitrogen and oxygen atoms in total. The van der Waals surface area contributed by atoms with Gasteiger partial charge in [-0.1, -0.05) is 49.7 Å². The summed E-state index contributed by atoms with van der Waals surface area (Å²) in [6, 6.07) is 10.9. The standard InChI is InChI=1S/C30H40ClN3O2/c1-21(2)17-34(18-22-15-24-7-3-4-14-36-29(24)27(31)16-22)30(35)26-10-6-13-33(20-26)19-25-9-5-8-23-11-12-32-28(23)25/h5,8-9,15-16,21,26,32H,3-4,6-7,10-14,17-20H2,1-2H3. The van der Waals surface area contributed by atoms with Crippen LogP contribution in [0.1, 0.15) is 61.8 Å². The van der Waals surface area contributed by atoms with Crippen molar-refractivity contribution in [2.45, 2.75) is 65.5 Å². The molecule has 0 bridgehead atoms. The van der Waals surface area contributed by atoms with Gasteiger partial charge in [0.15, 0.2) is 0 Å². The number of rotatable bonds is 7. The average Bonchev–Trinajstić information content (AvgIpc) is 3.22. The third-order valence-corrected chi connectivity index (χ3v) is 8.00. The number of hydrogen-bond acceptors (Lipinski definition) is 4. The number of halogens is 1. The fourth-order valence-electron chi connectivity index (χ4n) is 6.08. The van der Waals surface area contributed by atoms with Crippen LogP contribution in [-0.4, -0.2) is 48.5 Å². The third-order valence-electron chi connectivity index (χ3n) is 7.72. The first kappa shape index (κ1) is 25.4. The summed E-state index contributed by atoms with van der Waals surface area (Å²) in [5.74, 6) is 1.57. The molecule has 1 N–H and O–H groups in total. The van der Waals surface area contributed by atoms with Gasteiger partial charge in [-0.25, -0.2) is 0 Å². The van der Waals surface area contributed by atoms with Crippen molar-refractivity contribution in [3.8, 4) is 5.75 Å². The Morgan fingerprint density at radius 1 is 1.19 bits per heavy atom. The summed E-state index contributed by atoms with van der Waals surface area (Å²) in [6.45, 7) is 10.3. The minimum absolute atomic E-state index is 0.0434. The predicted octanol–water partition coefficient (Wildman–Crippen LogP) is 5.92. The van der Waals surface area contributed by atoms with Crippen molar-refractivity contribution >= 4 is 23.2 Å². The Labute approximate surface area is 221 Å². The zero-order valence-corrected chi connectivity index (χ0v) is 22.6. The molecule has 3 heterocycles. The van der Waals surface area contributed by atoms with Gasteiger partial charge >= 0.3 is 0 Å². The number of carbonyl (C=O) groups excluding carboxylic acids is 1. The zero-order valence-electron chi connectivity index (χ0n) is 21.8. The molecule has 1 saturated heterocycles. The van der Waals surface area contributed by atoms with Gasteiger partial charge in [-0.05, 0) is 79.3 Å². The molecule has 194 valence electrons. The maximum Gasteiger partial charge on any atom is 0.227 e. The molecule has 0 aromatic heterocycles. The van der Waals surface area contributed by atoms with Gasteiger partial charge in [-0.3, -0.25) is 9.69 Å². The second-order valence-electron chi connectivity index (χ2n) is 11.2. The van der Waals surface area contributed by atoms with E-state index in [1.165, 1.54) is 22.4 Å². The van der Waals surface area contributed by atoms with Crippen LogP contribution in [0.5, 0.6) is 5.75 Å². The lowest BCUT2D eigenvalue weighted by Crippen LogP contribution is -2.45. The summed E-state index contributed by atoms with van der Waals surface area (Å²) in [7, 11) is 0. The van der Waals surface area contributed by atoms with Crippen molar-refractivity contribution in [2.75, 3.05) is 38.1 Å². The fourth-order valence-corrected chi connectivity index (χ4v) is 6.40. The van der Waals surface area contributed by atoms with E-state index in [0.29, 0.717) is 17.5 Å². The first-order chi connectivity index (χ1) is 17.5. The molecule has 2 aromatic carbocycles. The molecule has 36 heavy (non-hydrogen) atoms. The maximum absolute atomic E-state index is 13.9. The highest BCUT2D eigenvalue weighted by Gasteiger charge is 2.30. The maximum atomic E-state index is 13.9. The molecule has 1 unspecified atom stereocenters. The number of amides is 1. The Hall–Kier alpha value is -2.24. The molecule has 0 radical (unpaired) electrons. The van der Waals surface area contributed by atoms with E-state index in [2.05, 4.69) is 53.2 Å². The first-order valence-electron chi connectivity index (χ1n) is 13.8. The Morgan fingerprint density at radius 2 is 2.08 bits per heavy atom. The number of likely N-dealkylation sites (tertiary alicyclic amines) is 1.